The summed E-state index contributed by atoms with van der Waals surface area (Å²) in [6.07, 6.45) is 8.90. The molecule has 2 aromatic rings. The molecule has 22 heavy (non-hydrogen) atoms. The number of aromatic nitrogens is 3. The zero-order valence-electron chi connectivity index (χ0n) is 13.6. The minimum Gasteiger partial charge on any atom is -0.382 e. The van der Waals surface area contributed by atoms with E-state index in [0.29, 0.717) is 5.82 Å². The van der Waals surface area contributed by atoms with Crippen LogP contribution in [0.3, 0.4) is 0 Å². The van der Waals surface area contributed by atoms with E-state index in [4.69, 9.17) is 16.6 Å². The van der Waals surface area contributed by atoms with Crippen molar-refractivity contribution in [2.24, 2.45) is 5.73 Å². The highest BCUT2D eigenvalue weighted by Crippen LogP contribution is 2.33. The van der Waals surface area contributed by atoms with Gasteiger partial charge in [0.15, 0.2) is 5.82 Å². The molecule has 0 fully saturated rings. The molecule has 1 aliphatic carbocycles. The van der Waals surface area contributed by atoms with E-state index in [1.165, 1.54) is 35.2 Å². The summed E-state index contributed by atoms with van der Waals surface area (Å²) in [5.74, 6) is 0.602. The molecule has 0 aliphatic heterocycles. The summed E-state index contributed by atoms with van der Waals surface area (Å²) in [5, 5.41) is 6.09. The number of anilines is 1. The number of nitrogens with two attached hydrogens (primary N) is 2. The van der Waals surface area contributed by atoms with Gasteiger partial charge in [0.2, 0.25) is 0 Å². The maximum absolute atomic E-state index is 6.21. The third kappa shape index (κ3) is 2.70. The van der Waals surface area contributed by atoms with E-state index in [0.717, 1.165) is 57.1 Å². The second-order valence-electron chi connectivity index (χ2n) is 6.27. The molecule has 0 spiro atoms. The number of nitrogens with zero attached hydrogens (tertiary/aromatic N) is 3. The van der Waals surface area contributed by atoms with E-state index in [2.05, 4.69) is 16.6 Å². The fraction of sp³-hybridized carbons (Fsp3) is 0.647. The molecule has 3 rings (SSSR count). The lowest BCUT2D eigenvalue weighted by Gasteiger charge is -2.17. The standard InChI is InChI=1S/C17H27N5/c1-2-11-22-14(9-5-6-10-18)15-12-7-3-4-8-13(12)20-17(19)16(15)21-22/h2-11,18H2,1H3,(H2,19,20). The molecule has 0 aromatic carbocycles. The van der Waals surface area contributed by atoms with Crippen LogP contribution in [0.1, 0.15) is 56.0 Å². The van der Waals surface area contributed by atoms with Crippen LogP contribution in [0.5, 0.6) is 0 Å². The van der Waals surface area contributed by atoms with Crippen molar-refractivity contribution in [3.63, 3.8) is 0 Å². The van der Waals surface area contributed by atoms with E-state index in [9.17, 15) is 0 Å². The van der Waals surface area contributed by atoms with Crippen LogP contribution in [0.4, 0.5) is 5.82 Å². The van der Waals surface area contributed by atoms with Crippen LogP contribution in [0.15, 0.2) is 0 Å². The summed E-state index contributed by atoms with van der Waals surface area (Å²) in [4.78, 5) is 4.63. The Bertz CT molecular complexity index is 659. The SMILES string of the molecule is CCCn1nc2c(N)nc3c(c2c1CCCCN)CCCC3. The molecule has 0 amide bonds. The summed E-state index contributed by atoms with van der Waals surface area (Å²) in [5.41, 5.74) is 16.7. The van der Waals surface area contributed by atoms with Gasteiger partial charge in [-0.1, -0.05) is 6.92 Å². The van der Waals surface area contributed by atoms with E-state index in [1.54, 1.807) is 0 Å². The highest BCUT2D eigenvalue weighted by molar-refractivity contribution is 5.93. The molecule has 4 N–H and O–H groups in total. The predicted molar refractivity (Wildman–Crippen MR) is 90.9 cm³/mol. The first-order valence-electron chi connectivity index (χ1n) is 8.63. The van der Waals surface area contributed by atoms with Gasteiger partial charge in [-0.2, -0.15) is 5.10 Å². The monoisotopic (exact) mass is 301 g/mol. The molecule has 0 atom stereocenters. The van der Waals surface area contributed by atoms with Crippen molar-refractivity contribution in [1.29, 1.82) is 0 Å². The maximum Gasteiger partial charge on any atom is 0.152 e. The largest absolute Gasteiger partial charge is 0.382 e. The Morgan fingerprint density at radius 2 is 2.00 bits per heavy atom. The number of unbranched alkanes of at least 4 members (excludes halogenated alkanes) is 1. The molecule has 0 saturated carbocycles. The smallest absolute Gasteiger partial charge is 0.152 e. The van der Waals surface area contributed by atoms with Gasteiger partial charge in [0.1, 0.15) is 5.52 Å². The van der Waals surface area contributed by atoms with Crippen molar-refractivity contribution in [2.75, 3.05) is 12.3 Å². The average Bonchev–Trinajstić information content (AvgIpc) is 2.88. The fourth-order valence-corrected chi connectivity index (χ4v) is 3.56. The zero-order chi connectivity index (χ0) is 15.5. The van der Waals surface area contributed by atoms with Crippen molar-refractivity contribution >= 4 is 16.7 Å². The minimum atomic E-state index is 0.602. The Balaban J connectivity index is 2.14. The molecule has 2 heterocycles. The lowest BCUT2D eigenvalue weighted by Crippen LogP contribution is -2.09. The molecule has 5 nitrogen and oxygen atoms in total. The number of aryl methyl sites for hydroxylation is 4. The Morgan fingerprint density at radius 3 is 2.77 bits per heavy atom. The van der Waals surface area contributed by atoms with E-state index in [-0.39, 0.29) is 0 Å². The number of pyridine rings is 1. The Hall–Kier alpha value is -1.62. The van der Waals surface area contributed by atoms with Crippen molar-refractivity contribution in [3.05, 3.63) is 17.0 Å². The lowest BCUT2D eigenvalue weighted by atomic mass is 9.91. The molecular weight excluding hydrogens is 274 g/mol. The van der Waals surface area contributed by atoms with Crippen LogP contribution >= 0.6 is 0 Å². The molecule has 0 radical (unpaired) electrons. The Kier molecular flexibility index (Phi) is 4.62. The highest BCUT2D eigenvalue weighted by atomic mass is 15.3. The summed E-state index contributed by atoms with van der Waals surface area (Å²) in [6, 6.07) is 0. The number of hydrogen-bond donors (Lipinski definition) is 2. The first-order valence-corrected chi connectivity index (χ1v) is 8.63. The van der Waals surface area contributed by atoms with Crippen molar-refractivity contribution in [1.82, 2.24) is 14.8 Å². The quantitative estimate of drug-likeness (QED) is 0.803. The second-order valence-corrected chi connectivity index (χ2v) is 6.27. The number of nitrogen functional groups attached to an aromatic ring is 1. The summed E-state index contributed by atoms with van der Waals surface area (Å²) >= 11 is 0. The first-order chi connectivity index (χ1) is 10.8. The fourth-order valence-electron chi connectivity index (χ4n) is 3.56. The van der Waals surface area contributed by atoms with Gasteiger partial charge in [0.05, 0.1) is 0 Å². The highest BCUT2D eigenvalue weighted by Gasteiger charge is 2.22. The van der Waals surface area contributed by atoms with Gasteiger partial charge < -0.3 is 11.5 Å². The molecule has 5 heteroatoms. The van der Waals surface area contributed by atoms with Crippen LogP contribution in [0.2, 0.25) is 0 Å². The molecule has 0 unspecified atom stereocenters. The molecule has 2 aromatic heterocycles. The minimum absolute atomic E-state index is 0.602. The molecule has 0 bridgehead atoms. The van der Waals surface area contributed by atoms with Crippen molar-refractivity contribution < 1.29 is 0 Å². The third-order valence-electron chi connectivity index (χ3n) is 4.60. The predicted octanol–water partition coefficient (Wildman–Crippen LogP) is 2.58. The molecule has 120 valence electrons. The van der Waals surface area contributed by atoms with Crippen LogP contribution in [-0.4, -0.2) is 21.3 Å². The van der Waals surface area contributed by atoms with E-state index < -0.39 is 0 Å². The van der Waals surface area contributed by atoms with Gasteiger partial charge in [-0.3, -0.25) is 4.68 Å². The molecular formula is C17H27N5. The van der Waals surface area contributed by atoms with Crippen LogP contribution in [0, 0.1) is 0 Å². The summed E-state index contributed by atoms with van der Waals surface area (Å²) < 4.78 is 2.16. The third-order valence-corrected chi connectivity index (χ3v) is 4.60. The normalized spacial score (nSPS) is 14.5. The number of rotatable bonds is 6. The van der Waals surface area contributed by atoms with E-state index >= 15 is 0 Å². The van der Waals surface area contributed by atoms with Crippen molar-refractivity contribution in [3.8, 4) is 0 Å². The number of hydrogen-bond acceptors (Lipinski definition) is 4. The van der Waals surface area contributed by atoms with Gasteiger partial charge in [0, 0.05) is 23.3 Å². The molecule has 0 saturated heterocycles. The Labute approximate surface area is 132 Å². The maximum atomic E-state index is 6.21. The van der Waals surface area contributed by atoms with Gasteiger partial charge in [-0.05, 0) is 63.5 Å². The zero-order valence-corrected chi connectivity index (χ0v) is 13.6. The van der Waals surface area contributed by atoms with Gasteiger partial charge in [-0.15, -0.1) is 0 Å². The summed E-state index contributed by atoms with van der Waals surface area (Å²) in [6.45, 7) is 3.88. The first kappa shape index (κ1) is 15.3. The van der Waals surface area contributed by atoms with Crippen LogP contribution < -0.4 is 11.5 Å². The lowest BCUT2D eigenvalue weighted by molar-refractivity contribution is 0.569. The number of fused-ring (bicyclic) bond motifs is 3. The van der Waals surface area contributed by atoms with Gasteiger partial charge in [-0.25, -0.2) is 4.98 Å². The topological polar surface area (TPSA) is 82.8 Å². The van der Waals surface area contributed by atoms with Crippen molar-refractivity contribution in [2.45, 2.75) is 64.8 Å². The second kappa shape index (κ2) is 6.65. The average molecular weight is 301 g/mol. The summed E-state index contributed by atoms with van der Waals surface area (Å²) in [7, 11) is 0. The molecule has 1 aliphatic rings. The van der Waals surface area contributed by atoms with Crippen LogP contribution in [0.25, 0.3) is 10.9 Å². The van der Waals surface area contributed by atoms with Crippen LogP contribution in [-0.2, 0) is 25.8 Å². The van der Waals surface area contributed by atoms with Gasteiger partial charge >= 0.3 is 0 Å². The van der Waals surface area contributed by atoms with Gasteiger partial charge in [0.25, 0.3) is 0 Å². The Morgan fingerprint density at radius 1 is 1.18 bits per heavy atom. The van der Waals surface area contributed by atoms with E-state index in [1.807, 2.05) is 0 Å².